The van der Waals surface area contributed by atoms with E-state index in [1.807, 2.05) is 69.2 Å². The molecular formula is C110H140F5N15O16. The van der Waals surface area contributed by atoms with Crippen molar-refractivity contribution in [3.63, 3.8) is 0 Å². The summed E-state index contributed by atoms with van der Waals surface area (Å²) >= 11 is 0. The summed E-state index contributed by atoms with van der Waals surface area (Å²) < 4.78 is 75.1. The molecule has 31 nitrogen and oxygen atoms in total. The van der Waals surface area contributed by atoms with Crippen molar-refractivity contribution < 1.29 is 99.0 Å². The number of carbonyl (C=O) groups is 15. The Kier molecular flexibility index (Phi) is 43.6. The summed E-state index contributed by atoms with van der Waals surface area (Å²) in [5, 5.41) is 36.5. The molecule has 146 heavy (non-hydrogen) atoms. The summed E-state index contributed by atoms with van der Waals surface area (Å²) in [5.41, 5.74) is 11.6. The molecule has 0 fully saturated rings. The van der Waals surface area contributed by atoms with Gasteiger partial charge in [-0.15, -0.1) is 0 Å². The SMILES string of the molecule is CCC(CC)NC(=O)C(=O)c1c(C)c(C(=O)Nc2ccc(F)c(C)c2)c(C)n1C.CCC(CC)NC(=O)C(=O)c1c(C)c(C(=O)Nc2ccc(F)c(C)c2)c(C)n1C.CCC[C@@H](C)NC(=O)C(=O)c1c(C)c(C(=O)Nc2ccc(F)c(C)c2)c(C)n1C.CCC[C@H](C)NC(=O)C(=O)c1c(C)c(C(=O)Nc2ccc(F)c(C)c2)c(C)n1C.Cc1cc(NC(=O)c2c(C)c(C(=O)C(=O)N[C@H](CO)C(C)C)n(C)c2C)ccc1F. The molecule has 0 aliphatic carbocycles. The van der Waals surface area contributed by atoms with Gasteiger partial charge in [-0.05, 0) is 309 Å². The van der Waals surface area contributed by atoms with Crippen LogP contribution >= 0.6 is 0 Å². The number of aliphatic hydroxyl groups excluding tert-OH is 1. The number of hydrogen-bond acceptors (Lipinski definition) is 16. The number of aliphatic hydroxyl groups is 1. The Morgan fingerprint density at radius 1 is 0.281 bits per heavy atom. The number of rotatable bonds is 35. The van der Waals surface area contributed by atoms with Gasteiger partial charge in [-0.2, -0.15) is 0 Å². The van der Waals surface area contributed by atoms with Gasteiger partial charge in [-0.3, -0.25) is 71.9 Å². The minimum absolute atomic E-state index is 0.0523. The number of Topliss-reactive ketones (excluding diaryl/α,β-unsaturated/α-hetero) is 5. The Morgan fingerprint density at radius 2 is 0.459 bits per heavy atom. The molecular weight excluding hydrogens is 1880 g/mol. The summed E-state index contributed by atoms with van der Waals surface area (Å²) in [6.07, 6.45) is 6.24. The molecule has 5 aromatic carbocycles. The van der Waals surface area contributed by atoms with E-state index >= 15 is 0 Å². The van der Waals surface area contributed by atoms with Gasteiger partial charge >= 0.3 is 0 Å². The highest BCUT2D eigenvalue weighted by atomic mass is 19.1. The van der Waals surface area contributed by atoms with Gasteiger partial charge in [0.15, 0.2) is 0 Å². The molecule has 3 atom stereocenters. The van der Waals surface area contributed by atoms with Crippen LogP contribution in [0.4, 0.5) is 50.4 Å². The molecule has 0 bridgehead atoms. The van der Waals surface area contributed by atoms with Gasteiger partial charge in [-0.25, -0.2) is 22.0 Å². The zero-order valence-electron chi connectivity index (χ0n) is 89.2. The summed E-state index contributed by atoms with van der Waals surface area (Å²) in [6, 6.07) is 20.5. The fourth-order valence-electron chi connectivity index (χ4n) is 17.0. The third kappa shape index (κ3) is 29.1. The number of aryl methyl sites for hydroxylation is 5. The van der Waals surface area contributed by atoms with Crippen LogP contribution in [-0.2, 0) is 59.2 Å². The molecule has 786 valence electrons. The lowest BCUT2D eigenvalue weighted by Crippen LogP contribution is -2.44. The fraction of sp³-hybridized carbons (Fsp3) is 0.409. The van der Waals surface area contributed by atoms with E-state index in [-0.39, 0.29) is 99.8 Å². The predicted molar refractivity (Wildman–Crippen MR) is 555 cm³/mol. The quantitative estimate of drug-likeness (QED) is 0.00998. The first-order chi connectivity index (χ1) is 68.4. The molecule has 0 unspecified atom stereocenters. The van der Waals surface area contributed by atoms with Crippen LogP contribution in [0.15, 0.2) is 91.0 Å². The number of amides is 10. The zero-order chi connectivity index (χ0) is 110. The summed E-state index contributed by atoms with van der Waals surface area (Å²) in [6.45, 7) is 43.6. The van der Waals surface area contributed by atoms with Gasteiger partial charge in [0.25, 0.3) is 88.0 Å². The number of hydrogen-bond donors (Lipinski definition) is 11. The molecule has 5 heterocycles. The topological polar surface area (TPSA) is 421 Å². The van der Waals surface area contributed by atoms with E-state index in [1.54, 1.807) is 157 Å². The van der Waals surface area contributed by atoms with E-state index in [9.17, 15) is 99.0 Å². The van der Waals surface area contributed by atoms with Crippen molar-refractivity contribution in [3.05, 3.63) is 260 Å². The minimum atomic E-state index is -0.840. The van der Waals surface area contributed by atoms with Crippen molar-refractivity contribution in [3.8, 4) is 0 Å². The maximum absolute atomic E-state index is 13.5. The number of ketones is 5. The number of halogens is 5. The average molecular weight is 2020 g/mol. The summed E-state index contributed by atoms with van der Waals surface area (Å²) in [4.78, 5) is 190. The van der Waals surface area contributed by atoms with Crippen molar-refractivity contribution in [1.29, 1.82) is 0 Å². The Labute approximate surface area is 850 Å². The second kappa shape index (κ2) is 53.1. The molecule has 10 amide bonds. The monoisotopic (exact) mass is 2020 g/mol. The first-order valence-electron chi connectivity index (χ1n) is 48.4. The van der Waals surface area contributed by atoms with E-state index < -0.39 is 94.0 Å². The Bertz CT molecular complexity index is 6340. The van der Waals surface area contributed by atoms with Gasteiger partial charge in [0.2, 0.25) is 0 Å². The standard InChI is InChI=1S/C22H28FN3O4.4C22H28FN3O3/c1-11(2)17(10-27)25-22(30)20(28)19-13(4)18(14(5)26(19)6)21(29)24-15-7-8-16(23)12(3)9-15;2*1-7-8-13(3)24-22(29)20(27)19-14(4)18(15(5)26(19)6)21(28)25-16-9-10-17(23)12(2)11-16;2*1-7-15(8-2)24-22(29)20(27)19-13(4)18(14(5)26(19)6)21(28)25-16-9-10-17(23)12(3)11-16/h7-9,11,17,27H,10H2,1-6H3,(H,24,29)(H,25,30);2*9-11,13H,7-8H2,1-6H3,(H,24,29)(H,25,28);2*9-11,15H,7-8H2,1-6H3,(H,24,29)(H,25,28)/t17-;2*13-;;/m110../s1. The minimum Gasteiger partial charge on any atom is -0.394 e. The second-order valence-corrected chi connectivity index (χ2v) is 37.0. The lowest BCUT2D eigenvalue weighted by atomic mass is 10.0. The lowest BCUT2D eigenvalue weighted by molar-refractivity contribution is -0.118. The molecule has 0 aliphatic rings. The Morgan fingerprint density at radius 3 is 0.616 bits per heavy atom. The van der Waals surface area contributed by atoms with Gasteiger partial charge in [0.05, 0.1) is 68.9 Å². The van der Waals surface area contributed by atoms with Gasteiger partial charge in [0, 0.05) is 116 Å². The predicted octanol–water partition coefficient (Wildman–Crippen LogP) is 18.0. The van der Waals surface area contributed by atoms with E-state index in [0.717, 1.165) is 51.4 Å². The molecule has 10 aromatic rings. The fourth-order valence-corrected chi connectivity index (χ4v) is 17.0. The highest BCUT2D eigenvalue weighted by Gasteiger charge is 2.37. The first-order valence-corrected chi connectivity index (χ1v) is 48.4. The summed E-state index contributed by atoms with van der Waals surface area (Å²) in [5.74, 6) is -11.0. The molecule has 0 saturated heterocycles. The van der Waals surface area contributed by atoms with E-state index in [2.05, 4.69) is 53.2 Å². The van der Waals surface area contributed by atoms with Crippen molar-refractivity contribution in [2.24, 2.45) is 41.2 Å². The largest absolute Gasteiger partial charge is 0.394 e. The number of aromatic nitrogens is 5. The lowest BCUT2D eigenvalue weighted by Gasteiger charge is -2.19. The van der Waals surface area contributed by atoms with Crippen LogP contribution in [0.3, 0.4) is 0 Å². The third-order valence-electron chi connectivity index (χ3n) is 26.1. The highest BCUT2D eigenvalue weighted by molar-refractivity contribution is 6.45. The van der Waals surface area contributed by atoms with Crippen LogP contribution in [0.2, 0.25) is 0 Å². The van der Waals surface area contributed by atoms with E-state index in [1.165, 1.54) is 95.6 Å². The van der Waals surface area contributed by atoms with Crippen LogP contribution in [0.25, 0.3) is 0 Å². The third-order valence-corrected chi connectivity index (χ3v) is 26.1. The molecule has 0 spiro atoms. The van der Waals surface area contributed by atoms with Crippen molar-refractivity contribution in [2.75, 3.05) is 33.2 Å². The maximum atomic E-state index is 13.5. The smallest absolute Gasteiger partial charge is 0.294 e. The van der Waals surface area contributed by atoms with Crippen LogP contribution in [0.5, 0.6) is 0 Å². The van der Waals surface area contributed by atoms with Gasteiger partial charge < -0.3 is 81.1 Å². The van der Waals surface area contributed by atoms with Crippen LogP contribution in [-0.4, -0.2) is 153 Å². The van der Waals surface area contributed by atoms with Crippen LogP contribution < -0.4 is 53.2 Å². The number of benzene rings is 5. The Hall–Kier alpha value is -14.8. The number of carbonyl (C=O) groups excluding carboxylic acids is 15. The number of nitrogens with zero attached hydrogens (tertiary/aromatic N) is 5. The van der Waals surface area contributed by atoms with Crippen molar-refractivity contribution in [1.82, 2.24) is 49.4 Å². The molecule has 0 aliphatic heterocycles. The average Bonchev–Trinajstić information content (AvgIpc) is 1.65. The zero-order valence-corrected chi connectivity index (χ0v) is 89.2. The van der Waals surface area contributed by atoms with Crippen molar-refractivity contribution >= 4 is 116 Å². The van der Waals surface area contributed by atoms with E-state index in [0.29, 0.717) is 135 Å². The highest BCUT2D eigenvalue weighted by Crippen LogP contribution is 2.32. The summed E-state index contributed by atoms with van der Waals surface area (Å²) in [7, 11) is 8.21. The molecule has 36 heteroatoms. The van der Waals surface area contributed by atoms with Crippen LogP contribution in [0.1, 0.15) is 309 Å². The molecule has 0 radical (unpaired) electrons. The molecule has 10 rings (SSSR count). The first kappa shape index (κ1) is 120. The molecule has 11 N–H and O–H groups in total. The van der Waals surface area contributed by atoms with Crippen LogP contribution in [0, 0.1) is 139 Å². The number of anilines is 5. The van der Waals surface area contributed by atoms with Gasteiger partial charge in [0.1, 0.15) is 29.1 Å². The number of nitrogens with one attached hydrogen (secondary N) is 10. The van der Waals surface area contributed by atoms with E-state index in [4.69, 9.17) is 0 Å². The molecule has 5 aromatic heterocycles. The Balaban J connectivity index is 0.000000279. The van der Waals surface area contributed by atoms with Crippen molar-refractivity contribution in [2.45, 2.75) is 255 Å². The molecule has 0 saturated carbocycles. The maximum Gasteiger partial charge on any atom is 0.294 e. The second-order valence-electron chi connectivity index (χ2n) is 37.0. The normalized spacial score (nSPS) is 11.5. The van der Waals surface area contributed by atoms with Gasteiger partial charge in [-0.1, -0.05) is 68.2 Å².